The van der Waals surface area contributed by atoms with Gasteiger partial charge in [-0.2, -0.15) is 0 Å². The number of hydrogen-bond donors (Lipinski definition) is 2. The highest BCUT2D eigenvalue weighted by Crippen LogP contribution is 2.54. The van der Waals surface area contributed by atoms with Crippen molar-refractivity contribution in [2.24, 2.45) is 0 Å². The summed E-state index contributed by atoms with van der Waals surface area (Å²) in [4.78, 5) is 45.2. The summed E-state index contributed by atoms with van der Waals surface area (Å²) >= 11 is 0. The smallest absolute Gasteiger partial charge is 0.300 e. The lowest BCUT2D eigenvalue weighted by Crippen LogP contribution is -2.58. The number of aliphatic hydroxyl groups excluding tert-OH is 1. The van der Waals surface area contributed by atoms with Crippen molar-refractivity contribution >= 4 is 34.7 Å². The lowest BCUT2D eigenvalue weighted by atomic mass is 9.84. The molecular weight excluding hydrogens is 552 g/mol. The molecule has 3 heterocycles. The lowest BCUT2D eigenvalue weighted by molar-refractivity contribution is -0.134. The fourth-order valence-electron chi connectivity index (χ4n) is 6.38. The molecule has 0 aliphatic carbocycles. The second kappa shape index (κ2) is 9.65. The van der Waals surface area contributed by atoms with Crippen LogP contribution in [0.2, 0.25) is 0 Å². The molecular formula is C33H30N2O8. The van der Waals surface area contributed by atoms with Gasteiger partial charge in [0.15, 0.2) is 17.0 Å². The number of benzene rings is 3. The standard InChI is InChI=1S/C33H30N2O8/c1-32(2)16-19-14-25(42-4)26(43-5)15-21(19)23-17-33(31(40)35(23)32)27(28(37)18-10-12-20(41-3)13-11-18)29(38)30(39)34(33)22-8-6-7-9-24(22)36/h6-15,17,36-37H,16H2,1-5H3/t33-/m1/s1. The van der Waals surface area contributed by atoms with E-state index in [9.17, 15) is 24.6 Å². The second-order valence-corrected chi connectivity index (χ2v) is 11.2. The fourth-order valence-corrected chi connectivity index (χ4v) is 6.38. The molecule has 3 aromatic carbocycles. The van der Waals surface area contributed by atoms with Gasteiger partial charge < -0.3 is 29.3 Å². The number of aliphatic hydroxyl groups is 1. The minimum Gasteiger partial charge on any atom is -0.507 e. The molecule has 0 saturated carbocycles. The molecule has 2 amide bonds. The molecule has 1 atom stereocenters. The van der Waals surface area contributed by atoms with E-state index in [1.807, 2.05) is 19.9 Å². The number of ketones is 1. The Balaban J connectivity index is 1.70. The summed E-state index contributed by atoms with van der Waals surface area (Å²) in [5.74, 6) is -2.12. The van der Waals surface area contributed by atoms with Crippen molar-refractivity contribution in [2.75, 3.05) is 26.2 Å². The molecule has 3 aliphatic heterocycles. The van der Waals surface area contributed by atoms with Crippen LogP contribution < -0.4 is 19.1 Å². The molecule has 6 rings (SSSR count). The lowest BCUT2D eigenvalue weighted by Gasteiger charge is -2.44. The van der Waals surface area contributed by atoms with Crippen LogP contribution in [0.5, 0.6) is 23.0 Å². The van der Waals surface area contributed by atoms with Crippen LogP contribution in [-0.2, 0) is 20.8 Å². The Labute approximate surface area is 248 Å². The number of anilines is 1. The van der Waals surface area contributed by atoms with E-state index in [-0.39, 0.29) is 17.0 Å². The van der Waals surface area contributed by atoms with Gasteiger partial charge in [-0.25, -0.2) is 0 Å². The van der Waals surface area contributed by atoms with Gasteiger partial charge in [-0.05, 0) is 80.4 Å². The van der Waals surface area contributed by atoms with Crippen LogP contribution >= 0.6 is 0 Å². The summed E-state index contributed by atoms with van der Waals surface area (Å²) in [6.45, 7) is 3.76. The Morgan fingerprint density at radius 2 is 1.51 bits per heavy atom. The van der Waals surface area contributed by atoms with Gasteiger partial charge in [0.05, 0.1) is 38.3 Å². The maximum absolute atomic E-state index is 14.9. The summed E-state index contributed by atoms with van der Waals surface area (Å²) in [7, 11) is 4.54. The van der Waals surface area contributed by atoms with Crippen LogP contribution in [0, 0.1) is 0 Å². The zero-order valence-corrected chi connectivity index (χ0v) is 24.3. The molecule has 1 fully saturated rings. The van der Waals surface area contributed by atoms with Gasteiger partial charge in [0, 0.05) is 16.7 Å². The summed E-state index contributed by atoms with van der Waals surface area (Å²) in [5, 5.41) is 22.6. The van der Waals surface area contributed by atoms with E-state index in [0.29, 0.717) is 34.9 Å². The Kier molecular flexibility index (Phi) is 6.26. The number of nitrogens with zero attached hydrogens (tertiary/aromatic N) is 2. The first-order chi connectivity index (χ1) is 20.5. The number of fused-ring (bicyclic) bond motifs is 3. The van der Waals surface area contributed by atoms with Crippen LogP contribution in [0.4, 0.5) is 5.69 Å². The zero-order chi connectivity index (χ0) is 30.8. The van der Waals surface area contributed by atoms with Crippen LogP contribution in [0.15, 0.2) is 72.3 Å². The van der Waals surface area contributed by atoms with Crippen molar-refractivity contribution in [3.8, 4) is 23.0 Å². The van der Waals surface area contributed by atoms with Crippen LogP contribution in [0.3, 0.4) is 0 Å². The Bertz CT molecular complexity index is 1770. The van der Waals surface area contributed by atoms with Crippen LogP contribution in [0.1, 0.15) is 30.5 Å². The number of Topliss-reactive ketones (excluding diaryl/α,β-unsaturated/α-hetero) is 1. The molecule has 10 nitrogen and oxygen atoms in total. The number of methoxy groups -OCH3 is 3. The highest BCUT2D eigenvalue weighted by Gasteiger charge is 2.67. The predicted octanol–water partition coefficient (Wildman–Crippen LogP) is 4.26. The van der Waals surface area contributed by atoms with Crippen molar-refractivity contribution in [3.05, 3.63) is 89.0 Å². The quantitative estimate of drug-likeness (QED) is 0.260. The average Bonchev–Trinajstić information content (AvgIpc) is 3.42. The second-order valence-electron chi connectivity index (χ2n) is 11.2. The third kappa shape index (κ3) is 3.82. The maximum Gasteiger partial charge on any atom is 0.300 e. The number of para-hydroxylation sites is 2. The number of ether oxygens (including phenoxy) is 3. The maximum atomic E-state index is 14.9. The molecule has 1 spiro atoms. The van der Waals surface area contributed by atoms with Crippen molar-refractivity contribution in [1.29, 1.82) is 0 Å². The highest BCUT2D eigenvalue weighted by atomic mass is 16.5. The minimum atomic E-state index is -2.11. The van der Waals surface area contributed by atoms with Crippen molar-refractivity contribution in [2.45, 2.75) is 31.3 Å². The molecule has 0 bridgehead atoms. The number of aromatic hydroxyl groups is 1. The van der Waals surface area contributed by atoms with E-state index < -0.39 is 40.0 Å². The monoisotopic (exact) mass is 582 g/mol. The molecule has 220 valence electrons. The third-order valence-corrected chi connectivity index (χ3v) is 8.31. The number of amides is 2. The topological polar surface area (TPSA) is 126 Å². The van der Waals surface area contributed by atoms with E-state index >= 15 is 0 Å². The predicted molar refractivity (Wildman–Crippen MR) is 158 cm³/mol. The van der Waals surface area contributed by atoms with Gasteiger partial charge in [-0.1, -0.05) is 12.1 Å². The number of hydrogen-bond acceptors (Lipinski definition) is 8. The van der Waals surface area contributed by atoms with E-state index in [2.05, 4.69) is 0 Å². The Hall–Kier alpha value is -5.25. The molecule has 43 heavy (non-hydrogen) atoms. The Morgan fingerprint density at radius 1 is 0.860 bits per heavy atom. The first kappa shape index (κ1) is 27.9. The van der Waals surface area contributed by atoms with Gasteiger partial charge in [0.25, 0.3) is 11.7 Å². The number of phenols is 1. The highest BCUT2D eigenvalue weighted by molar-refractivity contribution is 6.55. The number of carbonyl (C=O) groups is 3. The van der Waals surface area contributed by atoms with Gasteiger partial charge in [-0.3, -0.25) is 19.3 Å². The van der Waals surface area contributed by atoms with E-state index in [0.717, 1.165) is 10.5 Å². The van der Waals surface area contributed by atoms with Crippen molar-refractivity contribution in [1.82, 2.24) is 4.90 Å². The van der Waals surface area contributed by atoms with E-state index in [1.165, 1.54) is 51.7 Å². The van der Waals surface area contributed by atoms with Gasteiger partial charge >= 0.3 is 5.91 Å². The summed E-state index contributed by atoms with van der Waals surface area (Å²) in [5.41, 5.74) is -1.24. The molecule has 0 radical (unpaired) electrons. The first-order valence-corrected chi connectivity index (χ1v) is 13.6. The molecule has 2 N–H and O–H groups in total. The average molecular weight is 583 g/mol. The third-order valence-electron chi connectivity index (χ3n) is 8.31. The van der Waals surface area contributed by atoms with Gasteiger partial charge in [0.2, 0.25) is 0 Å². The van der Waals surface area contributed by atoms with Crippen LogP contribution in [-0.4, -0.2) is 65.1 Å². The molecule has 10 heteroatoms. The number of rotatable bonds is 5. The molecule has 0 aromatic heterocycles. The fraction of sp³-hybridized carbons (Fsp3) is 0.242. The molecule has 3 aromatic rings. The summed E-state index contributed by atoms with van der Waals surface area (Å²) < 4.78 is 16.3. The Morgan fingerprint density at radius 3 is 2.14 bits per heavy atom. The number of carbonyl (C=O) groups excluding carboxylic acids is 3. The van der Waals surface area contributed by atoms with Gasteiger partial charge in [0.1, 0.15) is 17.3 Å². The SMILES string of the molecule is COc1ccc(C(O)=C2C(=O)C(=O)N(c3ccccc3O)[C@]23C=C2c4cc(OC)c(OC)cc4CC(C)(C)N2C3=O)cc1. The van der Waals surface area contributed by atoms with E-state index in [4.69, 9.17) is 14.2 Å². The van der Waals surface area contributed by atoms with Crippen molar-refractivity contribution in [3.63, 3.8) is 0 Å². The normalized spacial score (nSPS) is 21.5. The zero-order valence-electron chi connectivity index (χ0n) is 24.3. The number of phenolic OH excluding ortho intramolecular Hbond substituents is 1. The summed E-state index contributed by atoms with van der Waals surface area (Å²) in [6, 6.07) is 15.8. The van der Waals surface area contributed by atoms with Crippen molar-refractivity contribution < 1.29 is 38.8 Å². The van der Waals surface area contributed by atoms with Crippen LogP contribution in [0.25, 0.3) is 11.5 Å². The summed E-state index contributed by atoms with van der Waals surface area (Å²) in [6.07, 6.45) is 1.95. The minimum absolute atomic E-state index is 0.0474. The first-order valence-electron chi connectivity index (χ1n) is 13.6. The molecule has 1 saturated heterocycles. The van der Waals surface area contributed by atoms with E-state index in [1.54, 1.807) is 35.2 Å². The van der Waals surface area contributed by atoms with Gasteiger partial charge in [-0.15, -0.1) is 0 Å². The molecule has 0 unspecified atom stereocenters. The molecule has 3 aliphatic rings. The largest absolute Gasteiger partial charge is 0.507 e.